The Balaban J connectivity index is 2.04. The number of hydrogen-bond donors (Lipinski definition) is 1. The second kappa shape index (κ2) is 7.14. The monoisotopic (exact) mass is 292 g/mol. The Morgan fingerprint density at radius 2 is 2.05 bits per heavy atom. The third-order valence-electron chi connectivity index (χ3n) is 3.95. The van der Waals surface area contributed by atoms with Crippen molar-refractivity contribution in [1.82, 2.24) is 4.90 Å². The van der Waals surface area contributed by atoms with Crippen molar-refractivity contribution >= 4 is 0 Å². The Kier molecular flexibility index (Phi) is 5.48. The van der Waals surface area contributed by atoms with Crippen molar-refractivity contribution in [1.29, 1.82) is 0 Å². The van der Waals surface area contributed by atoms with E-state index in [1.54, 1.807) is 7.11 Å². The molecule has 4 heteroatoms. The average molecular weight is 292 g/mol. The third-order valence-corrected chi connectivity index (χ3v) is 3.95. The summed E-state index contributed by atoms with van der Waals surface area (Å²) in [5.41, 5.74) is 7.34. The van der Waals surface area contributed by atoms with Gasteiger partial charge in [-0.3, -0.25) is 4.90 Å². The molecule has 1 aromatic carbocycles. The maximum atomic E-state index is 6.09. The maximum absolute atomic E-state index is 6.09. The van der Waals surface area contributed by atoms with Crippen molar-refractivity contribution in [3.63, 3.8) is 0 Å². The Bertz CT molecular complexity index is 452. The number of nitrogens with zero attached hydrogens (tertiary/aromatic N) is 1. The molecule has 0 bridgehead atoms. The van der Waals surface area contributed by atoms with Crippen LogP contribution in [0.5, 0.6) is 11.5 Å². The van der Waals surface area contributed by atoms with Crippen LogP contribution in [0.3, 0.4) is 0 Å². The zero-order valence-electron chi connectivity index (χ0n) is 13.6. The number of rotatable bonds is 6. The highest BCUT2D eigenvalue weighted by molar-refractivity contribution is 5.43. The molecule has 0 aromatic heterocycles. The largest absolute Gasteiger partial charge is 0.493 e. The van der Waals surface area contributed by atoms with E-state index in [0.29, 0.717) is 24.5 Å². The zero-order valence-corrected chi connectivity index (χ0v) is 13.6. The molecule has 0 spiro atoms. The predicted octanol–water partition coefficient (Wildman–Crippen LogP) is 2.51. The summed E-state index contributed by atoms with van der Waals surface area (Å²) < 4.78 is 11.2. The van der Waals surface area contributed by atoms with Crippen LogP contribution in [0.4, 0.5) is 0 Å². The molecule has 1 aliphatic rings. The fraction of sp³-hybridized carbons (Fsp3) is 0.647. The van der Waals surface area contributed by atoms with Gasteiger partial charge in [0.1, 0.15) is 0 Å². The highest BCUT2D eigenvalue weighted by Crippen LogP contribution is 2.29. The van der Waals surface area contributed by atoms with Gasteiger partial charge in [-0.05, 0) is 29.5 Å². The van der Waals surface area contributed by atoms with Gasteiger partial charge in [0.05, 0.1) is 13.7 Å². The summed E-state index contributed by atoms with van der Waals surface area (Å²) in [6.45, 7) is 10.2. The van der Waals surface area contributed by atoms with Gasteiger partial charge in [-0.1, -0.05) is 26.8 Å². The van der Waals surface area contributed by atoms with Gasteiger partial charge < -0.3 is 15.2 Å². The van der Waals surface area contributed by atoms with Crippen LogP contribution in [0.1, 0.15) is 26.3 Å². The van der Waals surface area contributed by atoms with Crippen LogP contribution in [0, 0.1) is 11.8 Å². The van der Waals surface area contributed by atoms with Crippen molar-refractivity contribution in [2.45, 2.75) is 33.4 Å². The number of ether oxygens (including phenoxy) is 2. The lowest BCUT2D eigenvalue weighted by Gasteiger charge is -2.18. The molecule has 1 fully saturated rings. The summed E-state index contributed by atoms with van der Waals surface area (Å²) in [7, 11) is 1.68. The summed E-state index contributed by atoms with van der Waals surface area (Å²) in [5.74, 6) is 2.70. The van der Waals surface area contributed by atoms with Crippen molar-refractivity contribution in [2.24, 2.45) is 17.6 Å². The highest BCUT2D eigenvalue weighted by atomic mass is 16.5. The number of nitrogens with two attached hydrogens (primary N) is 1. The molecule has 2 atom stereocenters. The van der Waals surface area contributed by atoms with E-state index in [2.05, 4.69) is 37.8 Å². The Morgan fingerprint density at radius 1 is 1.29 bits per heavy atom. The van der Waals surface area contributed by atoms with Crippen molar-refractivity contribution in [3.05, 3.63) is 23.8 Å². The molecule has 1 saturated heterocycles. The lowest BCUT2D eigenvalue weighted by Crippen LogP contribution is -2.28. The summed E-state index contributed by atoms with van der Waals surface area (Å²) in [4.78, 5) is 2.41. The molecule has 0 amide bonds. The van der Waals surface area contributed by atoms with E-state index in [1.807, 2.05) is 6.07 Å². The Hall–Kier alpha value is -1.26. The molecule has 4 nitrogen and oxygen atoms in total. The molecule has 21 heavy (non-hydrogen) atoms. The standard InChI is InChI=1S/C17H28N2O2/c1-12(2)11-21-17-7-14(5-6-16(17)20-4)9-19-8-13(3)15(18)10-19/h5-7,12-13,15H,8-11,18H2,1-4H3. The van der Waals surface area contributed by atoms with Gasteiger partial charge in [-0.25, -0.2) is 0 Å². The molecule has 0 radical (unpaired) electrons. The van der Waals surface area contributed by atoms with E-state index in [9.17, 15) is 0 Å². The lowest BCUT2D eigenvalue weighted by atomic mass is 10.1. The molecule has 1 heterocycles. The summed E-state index contributed by atoms with van der Waals surface area (Å²) in [6.07, 6.45) is 0. The number of hydrogen-bond acceptors (Lipinski definition) is 4. The van der Waals surface area contributed by atoms with Gasteiger partial charge in [0.25, 0.3) is 0 Å². The molecule has 2 unspecified atom stereocenters. The summed E-state index contributed by atoms with van der Waals surface area (Å²) >= 11 is 0. The minimum Gasteiger partial charge on any atom is -0.493 e. The van der Waals surface area contributed by atoms with E-state index < -0.39 is 0 Å². The van der Waals surface area contributed by atoms with Crippen molar-refractivity contribution in [2.75, 3.05) is 26.8 Å². The van der Waals surface area contributed by atoms with Gasteiger partial charge in [-0.15, -0.1) is 0 Å². The van der Waals surface area contributed by atoms with Crippen LogP contribution < -0.4 is 15.2 Å². The van der Waals surface area contributed by atoms with Gasteiger partial charge in [-0.2, -0.15) is 0 Å². The van der Waals surface area contributed by atoms with Crippen molar-refractivity contribution < 1.29 is 9.47 Å². The predicted molar refractivity (Wildman–Crippen MR) is 85.7 cm³/mol. The van der Waals surface area contributed by atoms with E-state index in [1.165, 1.54) is 5.56 Å². The molecule has 0 saturated carbocycles. The first kappa shape index (κ1) is 16.1. The normalized spacial score (nSPS) is 22.8. The Labute approximate surface area is 128 Å². The molecular formula is C17H28N2O2. The number of methoxy groups -OCH3 is 1. The lowest BCUT2D eigenvalue weighted by molar-refractivity contribution is 0.255. The SMILES string of the molecule is COc1ccc(CN2CC(C)C(N)C2)cc1OCC(C)C. The van der Waals surface area contributed by atoms with Crippen LogP contribution in [-0.2, 0) is 6.54 Å². The van der Waals surface area contributed by atoms with Crippen molar-refractivity contribution in [3.8, 4) is 11.5 Å². The van der Waals surface area contributed by atoms with Gasteiger partial charge >= 0.3 is 0 Å². The van der Waals surface area contributed by atoms with Gasteiger partial charge in [0.2, 0.25) is 0 Å². The highest BCUT2D eigenvalue weighted by Gasteiger charge is 2.26. The first-order valence-corrected chi connectivity index (χ1v) is 7.77. The number of likely N-dealkylation sites (tertiary alicyclic amines) is 1. The van der Waals surface area contributed by atoms with E-state index >= 15 is 0 Å². The number of benzene rings is 1. The van der Waals surface area contributed by atoms with Crippen LogP contribution in [0.25, 0.3) is 0 Å². The molecule has 2 rings (SSSR count). The fourth-order valence-electron chi connectivity index (χ4n) is 2.67. The Morgan fingerprint density at radius 3 is 2.62 bits per heavy atom. The molecular weight excluding hydrogens is 264 g/mol. The van der Waals surface area contributed by atoms with E-state index in [-0.39, 0.29) is 0 Å². The maximum Gasteiger partial charge on any atom is 0.161 e. The quantitative estimate of drug-likeness (QED) is 0.875. The molecule has 0 aliphatic carbocycles. The smallest absolute Gasteiger partial charge is 0.161 e. The second-order valence-corrected chi connectivity index (χ2v) is 6.53. The average Bonchev–Trinajstić information content (AvgIpc) is 2.75. The first-order valence-electron chi connectivity index (χ1n) is 7.77. The molecule has 2 N–H and O–H groups in total. The van der Waals surface area contributed by atoms with Crippen LogP contribution in [-0.4, -0.2) is 37.7 Å². The van der Waals surface area contributed by atoms with Crippen LogP contribution in [0.2, 0.25) is 0 Å². The minimum atomic E-state index is 0.292. The van der Waals surface area contributed by atoms with Crippen LogP contribution >= 0.6 is 0 Å². The fourth-order valence-corrected chi connectivity index (χ4v) is 2.67. The minimum absolute atomic E-state index is 0.292. The first-order chi connectivity index (χ1) is 9.99. The van der Waals surface area contributed by atoms with Gasteiger partial charge in [0.15, 0.2) is 11.5 Å². The molecule has 1 aromatic rings. The third kappa shape index (κ3) is 4.35. The molecule has 1 aliphatic heterocycles. The zero-order chi connectivity index (χ0) is 15.4. The van der Waals surface area contributed by atoms with E-state index in [0.717, 1.165) is 31.1 Å². The van der Waals surface area contributed by atoms with E-state index in [4.69, 9.17) is 15.2 Å². The van der Waals surface area contributed by atoms with Crippen LogP contribution in [0.15, 0.2) is 18.2 Å². The molecule has 118 valence electrons. The second-order valence-electron chi connectivity index (χ2n) is 6.53. The topological polar surface area (TPSA) is 47.7 Å². The van der Waals surface area contributed by atoms with Gasteiger partial charge in [0, 0.05) is 25.7 Å². The summed E-state index contributed by atoms with van der Waals surface area (Å²) in [5, 5.41) is 0. The summed E-state index contributed by atoms with van der Waals surface area (Å²) in [6, 6.07) is 6.48.